The van der Waals surface area contributed by atoms with Crippen LogP contribution in [-0.4, -0.2) is 28.9 Å². The number of benzene rings is 1. The second-order valence-electron chi connectivity index (χ2n) is 5.05. The van der Waals surface area contributed by atoms with Gasteiger partial charge >= 0.3 is 0 Å². The highest BCUT2D eigenvalue weighted by atomic mass is 16.1. The topological polar surface area (TPSA) is 70.7 Å². The van der Waals surface area contributed by atoms with Crippen LogP contribution in [0.1, 0.15) is 5.56 Å². The Balaban J connectivity index is 1.68. The van der Waals surface area contributed by atoms with E-state index in [1.165, 1.54) is 0 Å². The Labute approximate surface area is 129 Å². The number of anilines is 1. The third kappa shape index (κ3) is 3.23. The van der Waals surface area contributed by atoms with E-state index in [1.807, 2.05) is 50.3 Å². The van der Waals surface area contributed by atoms with Gasteiger partial charge in [-0.15, -0.1) is 0 Å². The molecule has 1 aromatic carbocycles. The van der Waals surface area contributed by atoms with Crippen LogP contribution in [0.2, 0.25) is 0 Å². The van der Waals surface area contributed by atoms with Crippen LogP contribution < -0.4 is 10.8 Å². The summed E-state index contributed by atoms with van der Waals surface area (Å²) in [4.78, 5) is 16.1. The van der Waals surface area contributed by atoms with Gasteiger partial charge in [0.2, 0.25) is 5.91 Å². The quantitative estimate of drug-likeness (QED) is 0.702. The van der Waals surface area contributed by atoms with Crippen molar-refractivity contribution in [1.82, 2.24) is 15.2 Å². The summed E-state index contributed by atoms with van der Waals surface area (Å²) in [5.74, 6) is 0.518. The van der Waals surface area contributed by atoms with Gasteiger partial charge in [-0.3, -0.25) is 14.9 Å². The standard InChI is InChI=1S/C16H15BN4O/c17-13-4-2-1-3-12(13)9-16(22)19-15-10-14(20-21-15)11-5-7-18-8-6-11/h1-8,10H,9,17H2,(H2,19,20,21,22). The number of aromatic nitrogens is 3. The first-order chi connectivity index (χ1) is 10.7. The lowest BCUT2D eigenvalue weighted by Gasteiger charge is -2.05. The highest BCUT2D eigenvalue weighted by Gasteiger charge is 2.09. The summed E-state index contributed by atoms with van der Waals surface area (Å²) in [5.41, 5.74) is 3.85. The molecule has 2 heterocycles. The van der Waals surface area contributed by atoms with Crippen molar-refractivity contribution in [1.29, 1.82) is 0 Å². The molecule has 2 N–H and O–H groups in total. The molecule has 3 aromatic rings. The summed E-state index contributed by atoms with van der Waals surface area (Å²) in [5, 5.41) is 9.86. The average molecular weight is 290 g/mol. The third-order valence-corrected chi connectivity index (χ3v) is 3.44. The maximum absolute atomic E-state index is 12.1. The zero-order valence-electron chi connectivity index (χ0n) is 12.2. The number of rotatable bonds is 4. The molecular weight excluding hydrogens is 275 g/mol. The first kappa shape index (κ1) is 14.1. The molecule has 0 saturated heterocycles. The van der Waals surface area contributed by atoms with Gasteiger partial charge in [-0.1, -0.05) is 29.7 Å². The smallest absolute Gasteiger partial charge is 0.229 e. The van der Waals surface area contributed by atoms with E-state index in [2.05, 4.69) is 20.5 Å². The number of nitrogens with one attached hydrogen (secondary N) is 2. The van der Waals surface area contributed by atoms with E-state index in [-0.39, 0.29) is 5.91 Å². The number of carbonyl (C=O) groups excluding carboxylic acids is 1. The van der Waals surface area contributed by atoms with Gasteiger partial charge in [0, 0.05) is 24.0 Å². The molecular formula is C16H15BN4O. The summed E-state index contributed by atoms with van der Waals surface area (Å²) in [6.45, 7) is 0. The van der Waals surface area contributed by atoms with E-state index >= 15 is 0 Å². The Bertz CT molecular complexity index is 786. The molecule has 2 aromatic heterocycles. The van der Waals surface area contributed by atoms with Crippen LogP contribution in [-0.2, 0) is 11.2 Å². The SMILES string of the molecule is Bc1ccccc1CC(=O)Nc1cc(-c2ccncc2)n[nH]1. The lowest BCUT2D eigenvalue weighted by Crippen LogP contribution is -2.19. The van der Waals surface area contributed by atoms with E-state index in [9.17, 15) is 4.79 Å². The summed E-state index contributed by atoms with van der Waals surface area (Å²) in [7, 11) is 2.00. The molecule has 0 unspecified atom stereocenters. The van der Waals surface area contributed by atoms with Crippen LogP contribution >= 0.6 is 0 Å². The monoisotopic (exact) mass is 290 g/mol. The maximum Gasteiger partial charge on any atom is 0.229 e. The zero-order chi connectivity index (χ0) is 15.4. The van der Waals surface area contributed by atoms with Crippen LogP contribution in [0.5, 0.6) is 0 Å². The molecule has 3 rings (SSSR count). The van der Waals surface area contributed by atoms with Crippen molar-refractivity contribution in [3.05, 3.63) is 60.4 Å². The molecule has 0 radical (unpaired) electrons. The predicted octanol–water partition coefficient (Wildman–Crippen LogP) is 0.911. The normalized spacial score (nSPS) is 10.4. The van der Waals surface area contributed by atoms with Crippen molar-refractivity contribution < 1.29 is 4.79 Å². The fraction of sp³-hybridized carbons (Fsp3) is 0.0625. The average Bonchev–Trinajstić information content (AvgIpc) is 2.99. The van der Waals surface area contributed by atoms with Crippen molar-refractivity contribution in [2.45, 2.75) is 6.42 Å². The number of amides is 1. The van der Waals surface area contributed by atoms with Gasteiger partial charge in [-0.25, -0.2) is 0 Å². The van der Waals surface area contributed by atoms with Crippen molar-refractivity contribution in [2.75, 3.05) is 5.32 Å². The summed E-state index contributed by atoms with van der Waals surface area (Å²) >= 11 is 0. The van der Waals surface area contributed by atoms with Crippen LogP contribution in [0, 0.1) is 0 Å². The zero-order valence-corrected chi connectivity index (χ0v) is 12.2. The second-order valence-corrected chi connectivity index (χ2v) is 5.05. The molecule has 0 aliphatic carbocycles. The Morgan fingerprint density at radius 3 is 2.73 bits per heavy atom. The fourth-order valence-corrected chi connectivity index (χ4v) is 2.23. The molecule has 108 valence electrons. The largest absolute Gasteiger partial charge is 0.311 e. The molecule has 0 atom stereocenters. The lowest BCUT2D eigenvalue weighted by molar-refractivity contribution is -0.115. The number of pyridine rings is 1. The van der Waals surface area contributed by atoms with Crippen molar-refractivity contribution in [3.8, 4) is 11.3 Å². The van der Waals surface area contributed by atoms with Gasteiger partial charge < -0.3 is 5.32 Å². The van der Waals surface area contributed by atoms with E-state index in [4.69, 9.17) is 0 Å². The molecule has 0 bridgehead atoms. The second kappa shape index (κ2) is 6.26. The van der Waals surface area contributed by atoms with Gasteiger partial charge in [0.05, 0.1) is 12.1 Å². The Kier molecular flexibility index (Phi) is 4.00. The van der Waals surface area contributed by atoms with E-state index in [0.717, 1.165) is 22.3 Å². The van der Waals surface area contributed by atoms with E-state index in [0.29, 0.717) is 12.2 Å². The first-order valence-corrected chi connectivity index (χ1v) is 7.02. The minimum Gasteiger partial charge on any atom is -0.311 e. The van der Waals surface area contributed by atoms with Crippen LogP contribution in [0.25, 0.3) is 11.3 Å². The van der Waals surface area contributed by atoms with Gasteiger partial charge in [0.25, 0.3) is 0 Å². The van der Waals surface area contributed by atoms with Gasteiger partial charge in [-0.05, 0) is 17.7 Å². The predicted molar refractivity (Wildman–Crippen MR) is 88.8 cm³/mol. The van der Waals surface area contributed by atoms with E-state index < -0.39 is 0 Å². The molecule has 0 saturated carbocycles. The number of H-pyrrole nitrogens is 1. The number of aromatic amines is 1. The number of hydrogen-bond acceptors (Lipinski definition) is 3. The van der Waals surface area contributed by atoms with Gasteiger partial charge in [0.1, 0.15) is 13.7 Å². The summed E-state index contributed by atoms with van der Waals surface area (Å²) in [6, 6.07) is 13.4. The third-order valence-electron chi connectivity index (χ3n) is 3.44. The minimum atomic E-state index is -0.0702. The lowest BCUT2D eigenvalue weighted by atomic mass is 9.89. The van der Waals surface area contributed by atoms with Crippen LogP contribution in [0.4, 0.5) is 5.82 Å². The maximum atomic E-state index is 12.1. The molecule has 22 heavy (non-hydrogen) atoms. The fourth-order valence-electron chi connectivity index (χ4n) is 2.23. The summed E-state index contributed by atoms with van der Waals surface area (Å²) < 4.78 is 0. The molecule has 0 fully saturated rings. The molecule has 1 amide bonds. The van der Waals surface area contributed by atoms with Gasteiger partial charge in [-0.2, -0.15) is 5.10 Å². The Morgan fingerprint density at radius 1 is 1.18 bits per heavy atom. The first-order valence-electron chi connectivity index (χ1n) is 7.02. The van der Waals surface area contributed by atoms with Crippen molar-refractivity contribution in [3.63, 3.8) is 0 Å². The number of carbonyl (C=O) groups is 1. The number of nitrogens with zero attached hydrogens (tertiary/aromatic N) is 2. The highest BCUT2D eigenvalue weighted by molar-refractivity contribution is 6.33. The Hall–Kier alpha value is -2.89. The summed E-state index contributed by atoms with van der Waals surface area (Å²) in [6.07, 6.45) is 3.76. The molecule has 6 heteroatoms. The van der Waals surface area contributed by atoms with Crippen LogP contribution in [0.3, 0.4) is 0 Å². The van der Waals surface area contributed by atoms with Crippen molar-refractivity contribution >= 4 is 25.0 Å². The molecule has 0 aliphatic heterocycles. The van der Waals surface area contributed by atoms with Crippen LogP contribution in [0.15, 0.2) is 54.9 Å². The van der Waals surface area contributed by atoms with E-state index in [1.54, 1.807) is 12.4 Å². The molecule has 5 nitrogen and oxygen atoms in total. The van der Waals surface area contributed by atoms with Gasteiger partial charge in [0.15, 0.2) is 0 Å². The molecule has 0 aliphatic rings. The highest BCUT2D eigenvalue weighted by Crippen LogP contribution is 2.18. The number of hydrogen-bond donors (Lipinski definition) is 2. The van der Waals surface area contributed by atoms with Crippen molar-refractivity contribution in [2.24, 2.45) is 0 Å². The Morgan fingerprint density at radius 2 is 1.95 bits per heavy atom. The minimum absolute atomic E-state index is 0.0702. The molecule has 0 spiro atoms.